The van der Waals surface area contributed by atoms with E-state index in [0.717, 1.165) is 25.7 Å². The van der Waals surface area contributed by atoms with Gasteiger partial charge in [-0.2, -0.15) is 0 Å². The summed E-state index contributed by atoms with van der Waals surface area (Å²) in [5.74, 6) is -1.31. The topological polar surface area (TPSA) is 74.6 Å². The van der Waals surface area contributed by atoms with Gasteiger partial charge in [-0.15, -0.1) is 0 Å². The highest BCUT2D eigenvalue weighted by Gasteiger charge is 1.98. The molecule has 0 saturated carbocycles. The van der Waals surface area contributed by atoms with E-state index in [9.17, 15) is 9.59 Å². The SMILES string of the molecule is CCCCCCCC/C=C\CCCCCCCC(=O)O.CCCCCCCCCCCCCCCCCCCCCCCC(=O)O. The maximum Gasteiger partial charge on any atom is 0.303 e. The summed E-state index contributed by atoms with van der Waals surface area (Å²) in [6.45, 7) is 4.55. The first-order valence-corrected chi connectivity index (χ1v) is 20.6. The largest absolute Gasteiger partial charge is 0.481 e. The quantitative estimate of drug-likeness (QED) is 0.0518. The molecule has 0 aromatic rings. The molecule has 2 N–H and O–H groups in total. The Kier molecular flexibility index (Phi) is 44.4. The van der Waals surface area contributed by atoms with E-state index in [-0.39, 0.29) is 0 Å². The summed E-state index contributed by atoms with van der Waals surface area (Å²) in [4.78, 5) is 20.7. The molecular weight excluding hydrogens is 568 g/mol. The van der Waals surface area contributed by atoms with Gasteiger partial charge in [0.05, 0.1) is 0 Å². The summed E-state index contributed by atoms with van der Waals surface area (Å²) >= 11 is 0. The molecule has 0 rings (SSSR count). The lowest BCUT2D eigenvalue weighted by Crippen LogP contribution is -1.93. The fourth-order valence-corrected chi connectivity index (χ4v) is 6.06. The highest BCUT2D eigenvalue weighted by Crippen LogP contribution is 2.15. The summed E-state index contributed by atoms with van der Waals surface area (Å²) in [7, 11) is 0. The van der Waals surface area contributed by atoms with Crippen molar-refractivity contribution in [1.29, 1.82) is 0 Å². The number of carboxylic acid groups (broad SMARTS) is 2. The Hall–Kier alpha value is -1.32. The van der Waals surface area contributed by atoms with Crippen molar-refractivity contribution in [2.45, 2.75) is 245 Å². The van der Waals surface area contributed by atoms with E-state index >= 15 is 0 Å². The number of allylic oxidation sites excluding steroid dienone is 2. The molecule has 0 spiro atoms. The number of unbranched alkanes of at least 4 members (excludes halogenated alkanes) is 31. The molecule has 0 atom stereocenters. The van der Waals surface area contributed by atoms with Crippen LogP contribution in [0.15, 0.2) is 12.2 Å². The highest BCUT2D eigenvalue weighted by molar-refractivity contribution is 5.66. The molecule has 0 aliphatic carbocycles. The molecule has 0 radical (unpaired) electrons. The Labute approximate surface area is 288 Å². The molecule has 0 bridgehead atoms. The lowest BCUT2D eigenvalue weighted by molar-refractivity contribution is -0.138. The van der Waals surface area contributed by atoms with Crippen molar-refractivity contribution in [2.75, 3.05) is 0 Å². The van der Waals surface area contributed by atoms with E-state index in [1.54, 1.807) is 0 Å². The minimum Gasteiger partial charge on any atom is -0.481 e. The van der Waals surface area contributed by atoms with E-state index in [4.69, 9.17) is 10.2 Å². The van der Waals surface area contributed by atoms with Crippen LogP contribution in [0.1, 0.15) is 245 Å². The zero-order valence-corrected chi connectivity index (χ0v) is 31.3. The Morgan fingerprint density at radius 2 is 0.522 bits per heavy atom. The van der Waals surface area contributed by atoms with Crippen molar-refractivity contribution in [3.8, 4) is 0 Å². The van der Waals surface area contributed by atoms with Crippen molar-refractivity contribution in [3.05, 3.63) is 12.2 Å². The molecule has 0 amide bonds. The molecule has 46 heavy (non-hydrogen) atoms. The number of carbonyl (C=O) groups is 2. The molecule has 0 heterocycles. The van der Waals surface area contributed by atoms with Crippen molar-refractivity contribution in [1.82, 2.24) is 0 Å². The molecule has 0 aliphatic heterocycles. The van der Waals surface area contributed by atoms with Gasteiger partial charge in [0, 0.05) is 12.8 Å². The van der Waals surface area contributed by atoms with Crippen LogP contribution in [0.25, 0.3) is 0 Å². The zero-order valence-electron chi connectivity index (χ0n) is 31.3. The fourth-order valence-electron chi connectivity index (χ4n) is 6.06. The van der Waals surface area contributed by atoms with Crippen LogP contribution in [0.4, 0.5) is 0 Å². The van der Waals surface area contributed by atoms with Gasteiger partial charge in [-0.25, -0.2) is 0 Å². The van der Waals surface area contributed by atoms with E-state index in [2.05, 4.69) is 26.0 Å². The normalized spacial score (nSPS) is 11.2. The maximum absolute atomic E-state index is 10.4. The van der Waals surface area contributed by atoms with E-state index in [1.165, 1.54) is 193 Å². The first-order valence-electron chi connectivity index (χ1n) is 20.6. The van der Waals surface area contributed by atoms with Gasteiger partial charge in [-0.05, 0) is 38.5 Å². The van der Waals surface area contributed by atoms with Crippen molar-refractivity contribution >= 4 is 11.9 Å². The summed E-state index contributed by atoms with van der Waals surface area (Å²) in [5.41, 5.74) is 0. The second kappa shape index (κ2) is 43.7. The molecular formula is C42H82O4. The predicted octanol–water partition coefficient (Wildman–Crippen LogP) is 14.8. The lowest BCUT2D eigenvalue weighted by atomic mass is 10.0. The van der Waals surface area contributed by atoms with Gasteiger partial charge in [0.1, 0.15) is 0 Å². The third kappa shape index (κ3) is 49.6. The average Bonchev–Trinajstić information content (AvgIpc) is 3.03. The monoisotopic (exact) mass is 651 g/mol. The van der Waals surface area contributed by atoms with Crippen LogP contribution >= 0.6 is 0 Å². The average molecular weight is 651 g/mol. The number of carboxylic acids is 2. The minimum absolute atomic E-state index is 0.332. The predicted molar refractivity (Wildman–Crippen MR) is 202 cm³/mol. The zero-order chi connectivity index (χ0) is 34.0. The van der Waals surface area contributed by atoms with Crippen molar-refractivity contribution in [2.24, 2.45) is 0 Å². The van der Waals surface area contributed by atoms with Crippen LogP contribution in [0.5, 0.6) is 0 Å². The molecule has 0 aromatic carbocycles. The molecule has 4 nitrogen and oxygen atoms in total. The molecule has 0 fully saturated rings. The smallest absolute Gasteiger partial charge is 0.303 e. The van der Waals surface area contributed by atoms with E-state index in [1.807, 2.05) is 0 Å². The lowest BCUT2D eigenvalue weighted by Gasteiger charge is -2.04. The maximum atomic E-state index is 10.4. The standard InChI is InChI=1S/C24H48O2.C18H34O2/c1-2-3-4-5-6-7-8-9-10-11-12-13-14-15-16-17-18-19-20-21-22-23-24(25)26;1-2-3-4-5-6-7-8-9-10-11-12-13-14-15-16-17-18(19)20/h2-23H2,1H3,(H,25,26);9-10H,2-8,11-17H2,1H3,(H,19,20)/b;10-9-. The van der Waals surface area contributed by atoms with Crippen LogP contribution in [0, 0.1) is 0 Å². The van der Waals surface area contributed by atoms with Crippen LogP contribution in [0.3, 0.4) is 0 Å². The molecule has 0 aliphatic rings. The second-order valence-electron chi connectivity index (χ2n) is 13.9. The molecule has 0 aromatic heterocycles. The van der Waals surface area contributed by atoms with Gasteiger partial charge in [0.2, 0.25) is 0 Å². The van der Waals surface area contributed by atoms with Gasteiger partial charge >= 0.3 is 11.9 Å². The Morgan fingerprint density at radius 1 is 0.326 bits per heavy atom. The fraction of sp³-hybridized carbons (Fsp3) is 0.905. The Morgan fingerprint density at radius 3 is 0.739 bits per heavy atom. The third-order valence-electron chi connectivity index (χ3n) is 9.15. The van der Waals surface area contributed by atoms with Gasteiger partial charge in [-0.3, -0.25) is 9.59 Å². The molecule has 0 unspecified atom stereocenters. The van der Waals surface area contributed by atoms with Crippen LogP contribution < -0.4 is 0 Å². The van der Waals surface area contributed by atoms with Gasteiger partial charge in [-0.1, -0.05) is 206 Å². The first kappa shape index (κ1) is 46.8. The van der Waals surface area contributed by atoms with Crippen LogP contribution in [-0.4, -0.2) is 22.2 Å². The van der Waals surface area contributed by atoms with Gasteiger partial charge in [0.25, 0.3) is 0 Å². The highest BCUT2D eigenvalue weighted by atomic mass is 16.4. The minimum atomic E-state index is -0.664. The number of hydrogen-bond acceptors (Lipinski definition) is 2. The van der Waals surface area contributed by atoms with E-state index in [0.29, 0.717) is 12.8 Å². The number of hydrogen-bond donors (Lipinski definition) is 2. The Balaban J connectivity index is 0. The second-order valence-corrected chi connectivity index (χ2v) is 13.9. The van der Waals surface area contributed by atoms with E-state index < -0.39 is 11.9 Å². The first-order chi connectivity index (χ1) is 22.5. The number of aliphatic carboxylic acids is 2. The van der Waals surface area contributed by atoms with Crippen LogP contribution in [0.2, 0.25) is 0 Å². The molecule has 0 saturated heterocycles. The molecule has 4 heteroatoms. The van der Waals surface area contributed by atoms with Gasteiger partial charge in [0.15, 0.2) is 0 Å². The third-order valence-corrected chi connectivity index (χ3v) is 9.15. The summed E-state index contributed by atoms with van der Waals surface area (Å²) < 4.78 is 0. The Bertz CT molecular complexity index is 615. The molecule has 274 valence electrons. The summed E-state index contributed by atoms with van der Waals surface area (Å²) in [6, 6.07) is 0. The summed E-state index contributed by atoms with van der Waals surface area (Å²) in [6.07, 6.45) is 50.3. The summed E-state index contributed by atoms with van der Waals surface area (Å²) in [5, 5.41) is 17.1. The van der Waals surface area contributed by atoms with Gasteiger partial charge < -0.3 is 10.2 Å². The van der Waals surface area contributed by atoms with Crippen molar-refractivity contribution < 1.29 is 19.8 Å². The van der Waals surface area contributed by atoms with Crippen molar-refractivity contribution in [3.63, 3.8) is 0 Å². The number of rotatable bonds is 37. The van der Waals surface area contributed by atoms with Crippen LogP contribution in [-0.2, 0) is 9.59 Å².